The number of nitrogen functional groups attached to an aromatic ring is 1. The lowest BCUT2D eigenvalue weighted by Crippen LogP contribution is -2.50. The minimum atomic E-state index is -4.03. The topological polar surface area (TPSA) is 176 Å². The zero-order valence-corrected chi connectivity index (χ0v) is 30.9. The Balaban J connectivity index is 1.80. The highest BCUT2D eigenvalue weighted by Crippen LogP contribution is 2.48. The summed E-state index contributed by atoms with van der Waals surface area (Å²) in [6.07, 6.45) is 0.463. The zero-order chi connectivity index (χ0) is 36.7. The van der Waals surface area contributed by atoms with Gasteiger partial charge in [-0.3, -0.25) is 18.4 Å². The second kappa shape index (κ2) is 19.6. The fraction of sp³-hybridized carbons (Fsp3) is 0.429. The van der Waals surface area contributed by atoms with Crippen molar-refractivity contribution in [2.45, 2.75) is 56.0 Å². The van der Waals surface area contributed by atoms with Gasteiger partial charge in [-0.2, -0.15) is 4.31 Å². The molecule has 2 amide bonds. The van der Waals surface area contributed by atoms with Crippen molar-refractivity contribution in [3.63, 3.8) is 0 Å². The quantitative estimate of drug-likeness (QED) is 0.0760. The molecule has 50 heavy (non-hydrogen) atoms. The average Bonchev–Trinajstić information content (AvgIpc) is 3.12. The van der Waals surface area contributed by atoms with Crippen LogP contribution in [0.3, 0.4) is 0 Å². The van der Waals surface area contributed by atoms with Gasteiger partial charge >= 0.3 is 13.9 Å². The minimum absolute atomic E-state index is 0.0570. The number of alkyl carbamates (subject to hydrolysis) is 1. The normalized spacial score (nSPS) is 13.3. The van der Waals surface area contributed by atoms with Gasteiger partial charge in [0.1, 0.15) is 6.04 Å². The van der Waals surface area contributed by atoms with Crippen LogP contribution in [0.2, 0.25) is 0 Å². The highest BCUT2D eigenvalue weighted by atomic mass is 32.2. The van der Waals surface area contributed by atoms with E-state index in [4.69, 9.17) is 24.0 Å². The molecule has 13 nitrogen and oxygen atoms in total. The molecule has 2 atom stereocenters. The summed E-state index contributed by atoms with van der Waals surface area (Å²) in [5.41, 5.74) is 7.89. The Labute approximate surface area is 295 Å². The number of nitrogens with one attached hydrogen (secondary N) is 2. The first kappa shape index (κ1) is 40.6. The number of nitrogens with zero attached hydrogens (tertiary/aromatic N) is 1. The number of rotatable bonds is 20. The van der Waals surface area contributed by atoms with Crippen molar-refractivity contribution in [2.24, 2.45) is 5.92 Å². The third-order valence-corrected chi connectivity index (χ3v) is 11.3. The van der Waals surface area contributed by atoms with Crippen molar-refractivity contribution in [2.75, 3.05) is 46.8 Å². The maximum atomic E-state index is 13.9. The van der Waals surface area contributed by atoms with E-state index in [0.29, 0.717) is 24.9 Å². The molecule has 0 fully saturated rings. The van der Waals surface area contributed by atoms with Crippen LogP contribution in [0, 0.1) is 5.92 Å². The average molecular weight is 733 g/mol. The number of unbranched alkanes of at least 4 members (excludes halogenated alkanes) is 1. The van der Waals surface area contributed by atoms with Crippen LogP contribution in [0.5, 0.6) is 0 Å². The van der Waals surface area contributed by atoms with Gasteiger partial charge in [0.2, 0.25) is 15.9 Å². The van der Waals surface area contributed by atoms with Gasteiger partial charge in [-0.1, -0.05) is 80.9 Å². The molecule has 3 rings (SSSR count). The van der Waals surface area contributed by atoms with Crippen molar-refractivity contribution >= 4 is 35.5 Å². The number of benzene rings is 3. The van der Waals surface area contributed by atoms with Gasteiger partial charge in [0.15, 0.2) is 0 Å². The molecule has 0 saturated carbocycles. The van der Waals surface area contributed by atoms with Crippen LogP contribution < -0.4 is 16.4 Å². The Morgan fingerprint density at radius 2 is 1.42 bits per heavy atom. The number of anilines is 1. The van der Waals surface area contributed by atoms with E-state index in [1.54, 1.807) is 0 Å². The Morgan fingerprint density at radius 1 is 0.860 bits per heavy atom. The molecule has 0 radical (unpaired) electrons. The van der Waals surface area contributed by atoms with Crippen LogP contribution in [0.4, 0.5) is 10.5 Å². The fourth-order valence-corrected chi connectivity index (χ4v) is 7.98. The molecule has 0 saturated heterocycles. The Kier molecular flexibility index (Phi) is 15.9. The Hall–Kier alpha value is -3.78. The number of amides is 2. The number of sulfonamides is 1. The van der Waals surface area contributed by atoms with E-state index in [9.17, 15) is 22.6 Å². The number of hydrogen-bond acceptors (Lipinski definition) is 10. The maximum absolute atomic E-state index is 13.9. The summed E-state index contributed by atoms with van der Waals surface area (Å²) in [7, 11) is -4.36. The second-order valence-electron chi connectivity index (χ2n) is 12.0. The molecular weight excluding hydrogens is 683 g/mol. The van der Waals surface area contributed by atoms with E-state index in [-0.39, 0.29) is 30.5 Å². The van der Waals surface area contributed by atoms with Gasteiger partial charge < -0.3 is 21.1 Å². The molecule has 0 bridgehead atoms. The van der Waals surface area contributed by atoms with Gasteiger partial charge in [0.05, 0.1) is 18.6 Å². The lowest BCUT2D eigenvalue weighted by Gasteiger charge is -2.32. The maximum Gasteiger partial charge on any atom is 0.474 e. The van der Waals surface area contributed by atoms with Crippen LogP contribution in [0.25, 0.3) is 0 Å². The fourth-order valence-electron chi connectivity index (χ4n) is 5.46. The number of phosphoric acid groups is 1. The standard InChI is InChI=1S/C35H49N4O9PS/c1-26(2)24-39(50(43,44)31-21-19-29(36)20-22-31)30(25-48-49(42,46-4)47-5)18-12-13-23-37-34(40)33(38-35(41)45-3)32(27-14-8-6-9-15-27)28-16-10-7-11-17-28/h6-11,14-17,19-22,26,30,32-33H,12-13,18,23-25,36H2,1-5H3,(H,37,40)(H,38,41)/t30-,33-/m0/s1. The molecule has 0 aliphatic rings. The van der Waals surface area contributed by atoms with Crippen molar-refractivity contribution < 1.29 is 40.9 Å². The number of ether oxygens (including phenoxy) is 1. The van der Waals surface area contributed by atoms with E-state index < -0.39 is 47.8 Å². The molecule has 0 spiro atoms. The Bertz CT molecular complexity index is 1600. The number of nitrogens with two attached hydrogens (primary N) is 1. The summed E-state index contributed by atoms with van der Waals surface area (Å²) in [6, 6.07) is 23.0. The summed E-state index contributed by atoms with van der Waals surface area (Å²) in [6.45, 7) is 3.90. The molecule has 4 N–H and O–H groups in total. The zero-order valence-electron chi connectivity index (χ0n) is 29.2. The lowest BCUT2D eigenvalue weighted by atomic mass is 9.84. The third-order valence-electron chi connectivity index (χ3n) is 7.97. The number of phosphoric ester groups is 1. The highest BCUT2D eigenvalue weighted by molar-refractivity contribution is 7.89. The molecule has 0 unspecified atom stereocenters. The summed E-state index contributed by atoms with van der Waals surface area (Å²) in [5, 5.41) is 5.65. The molecule has 0 heterocycles. The van der Waals surface area contributed by atoms with Crippen LogP contribution >= 0.6 is 7.82 Å². The molecular formula is C35H49N4O9PS. The molecule has 0 aliphatic heterocycles. The largest absolute Gasteiger partial charge is 0.474 e. The second-order valence-corrected chi connectivity index (χ2v) is 15.8. The van der Waals surface area contributed by atoms with Gasteiger partial charge in [0.25, 0.3) is 0 Å². The number of carbonyl (C=O) groups is 2. The molecule has 3 aromatic rings. The Morgan fingerprint density at radius 3 is 1.92 bits per heavy atom. The van der Waals surface area contributed by atoms with E-state index >= 15 is 0 Å². The van der Waals surface area contributed by atoms with Crippen LogP contribution in [0.15, 0.2) is 89.8 Å². The van der Waals surface area contributed by atoms with E-state index in [1.807, 2.05) is 74.5 Å². The summed E-state index contributed by atoms with van der Waals surface area (Å²) < 4.78 is 62.3. The number of methoxy groups -OCH3 is 1. The van der Waals surface area contributed by atoms with E-state index in [2.05, 4.69) is 10.6 Å². The molecule has 15 heteroatoms. The van der Waals surface area contributed by atoms with Gasteiger partial charge in [-0.05, 0) is 54.2 Å². The first-order valence-electron chi connectivity index (χ1n) is 16.3. The lowest BCUT2D eigenvalue weighted by molar-refractivity contribution is -0.123. The van der Waals surface area contributed by atoms with Crippen LogP contribution in [-0.4, -0.2) is 77.8 Å². The monoisotopic (exact) mass is 732 g/mol. The first-order chi connectivity index (χ1) is 23.8. The number of carbonyl (C=O) groups excluding carboxylic acids is 2. The van der Waals surface area contributed by atoms with Gasteiger partial charge in [-0.25, -0.2) is 17.8 Å². The smallest absolute Gasteiger partial charge is 0.453 e. The molecule has 0 aliphatic carbocycles. The first-order valence-corrected chi connectivity index (χ1v) is 19.2. The minimum Gasteiger partial charge on any atom is -0.453 e. The van der Waals surface area contributed by atoms with Crippen molar-refractivity contribution in [1.29, 1.82) is 0 Å². The predicted molar refractivity (Wildman–Crippen MR) is 192 cm³/mol. The third kappa shape index (κ3) is 11.6. The van der Waals surface area contributed by atoms with E-state index in [0.717, 1.165) is 11.1 Å². The van der Waals surface area contributed by atoms with Crippen molar-refractivity contribution in [1.82, 2.24) is 14.9 Å². The van der Waals surface area contributed by atoms with Gasteiger partial charge in [-0.15, -0.1) is 0 Å². The van der Waals surface area contributed by atoms with Crippen molar-refractivity contribution in [3.8, 4) is 0 Å². The molecule has 274 valence electrons. The van der Waals surface area contributed by atoms with Crippen LogP contribution in [-0.2, 0) is 37.7 Å². The summed E-state index contributed by atoms with van der Waals surface area (Å²) >= 11 is 0. The SMILES string of the molecule is COC(=O)N[C@H](C(=O)NCCCC[C@@H](COP(=O)(OC)OC)N(CC(C)C)S(=O)(=O)c1ccc(N)cc1)C(c1ccccc1)c1ccccc1. The van der Waals surface area contributed by atoms with Crippen LogP contribution in [0.1, 0.15) is 50.2 Å². The van der Waals surface area contributed by atoms with Gasteiger partial charge in [0, 0.05) is 45.0 Å². The number of hydrogen-bond donors (Lipinski definition) is 3. The summed E-state index contributed by atoms with van der Waals surface area (Å²) in [5.74, 6) is -0.988. The van der Waals surface area contributed by atoms with E-state index in [1.165, 1.54) is 49.9 Å². The van der Waals surface area contributed by atoms with Crippen molar-refractivity contribution in [3.05, 3.63) is 96.1 Å². The molecule has 3 aromatic carbocycles. The molecule has 0 aromatic heterocycles. The predicted octanol–water partition coefficient (Wildman–Crippen LogP) is 5.54. The highest BCUT2D eigenvalue weighted by Gasteiger charge is 2.35. The summed E-state index contributed by atoms with van der Waals surface area (Å²) in [4.78, 5) is 26.2.